The fourth-order valence-electron chi connectivity index (χ4n) is 2.25. The number of ether oxygens (including phenoxy) is 1. The number of rotatable bonds is 5. The number of hydrogen-bond donors (Lipinski definition) is 1. The molecule has 0 unspecified atom stereocenters. The van der Waals surface area contributed by atoms with Crippen LogP contribution in [0.4, 0.5) is 0 Å². The van der Waals surface area contributed by atoms with Gasteiger partial charge in [-0.15, -0.1) is 0 Å². The minimum absolute atomic E-state index is 0.181. The van der Waals surface area contributed by atoms with Crippen molar-refractivity contribution in [1.29, 1.82) is 0 Å². The summed E-state index contributed by atoms with van der Waals surface area (Å²) in [5.74, 6) is 0.368. The summed E-state index contributed by atoms with van der Waals surface area (Å²) < 4.78 is 5.78. The smallest absolute Gasteiger partial charge is 0.336 e. The molecule has 0 amide bonds. The van der Waals surface area contributed by atoms with Crippen molar-refractivity contribution in [1.82, 2.24) is 4.98 Å². The molecule has 2 aromatic carbocycles. The number of pyridine rings is 1. The van der Waals surface area contributed by atoms with Crippen LogP contribution in [-0.4, -0.2) is 16.1 Å². The number of carboxylic acid groups (broad SMARTS) is 1. The summed E-state index contributed by atoms with van der Waals surface area (Å²) in [4.78, 5) is 15.5. The van der Waals surface area contributed by atoms with Gasteiger partial charge in [-0.05, 0) is 42.0 Å². The van der Waals surface area contributed by atoms with Crippen molar-refractivity contribution >= 4 is 17.6 Å². The van der Waals surface area contributed by atoms with E-state index in [-0.39, 0.29) is 5.57 Å². The third-order valence-electron chi connectivity index (χ3n) is 3.35. The van der Waals surface area contributed by atoms with E-state index in [1.807, 2.05) is 48.5 Å². The molecule has 0 aliphatic heterocycles. The number of aromatic nitrogens is 1. The zero-order chi connectivity index (χ0) is 16.8. The molecule has 1 heterocycles. The van der Waals surface area contributed by atoms with Gasteiger partial charge in [-0.25, -0.2) is 4.79 Å². The normalized spacial score (nSPS) is 11.1. The lowest BCUT2D eigenvalue weighted by molar-refractivity contribution is -0.130. The van der Waals surface area contributed by atoms with Gasteiger partial charge in [0, 0.05) is 18.0 Å². The van der Waals surface area contributed by atoms with Crippen LogP contribution in [0.3, 0.4) is 0 Å². The van der Waals surface area contributed by atoms with Gasteiger partial charge in [0.2, 0.25) is 0 Å². The second-order valence-corrected chi connectivity index (χ2v) is 5.09. The highest BCUT2D eigenvalue weighted by molar-refractivity contribution is 6.20. The fraction of sp³-hybridized carbons (Fsp3) is 0. The molecule has 0 spiro atoms. The second kappa shape index (κ2) is 7.24. The molecule has 0 radical (unpaired) electrons. The summed E-state index contributed by atoms with van der Waals surface area (Å²) in [6.07, 6.45) is 4.75. The number of para-hydroxylation sites is 1. The lowest BCUT2D eigenvalue weighted by Gasteiger charge is -2.07. The molecule has 3 rings (SSSR count). The number of carboxylic acids is 1. The van der Waals surface area contributed by atoms with E-state index in [0.29, 0.717) is 11.3 Å². The molecule has 0 saturated carbocycles. The minimum atomic E-state index is -1.00. The number of aliphatic carboxylic acids is 1. The van der Waals surface area contributed by atoms with E-state index < -0.39 is 5.97 Å². The highest BCUT2D eigenvalue weighted by Crippen LogP contribution is 2.24. The molecule has 0 saturated heterocycles. The van der Waals surface area contributed by atoms with Crippen molar-refractivity contribution in [3.05, 3.63) is 90.3 Å². The Morgan fingerprint density at radius 3 is 2.46 bits per heavy atom. The molecule has 1 N–H and O–H groups in total. The fourth-order valence-corrected chi connectivity index (χ4v) is 2.25. The maximum Gasteiger partial charge on any atom is 0.336 e. The number of carbonyl (C=O) groups is 1. The largest absolute Gasteiger partial charge is 0.478 e. The average molecular weight is 317 g/mol. The van der Waals surface area contributed by atoms with Gasteiger partial charge < -0.3 is 9.84 Å². The second-order valence-electron chi connectivity index (χ2n) is 5.09. The Morgan fingerprint density at radius 1 is 0.958 bits per heavy atom. The van der Waals surface area contributed by atoms with Crippen LogP contribution in [0.15, 0.2) is 79.1 Å². The maximum absolute atomic E-state index is 11.6. The molecule has 0 atom stereocenters. The van der Waals surface area contributed by atoms with Crippen LogP contribution < -0.4 is 4.74 Å². The van der Waals surface area contributed by atoms with Crippen molar-refractivity contribution in [3.8, 4) is 11.5 Å². The number of hydrogen-bond acceptors (Lipinski definition) is 3. The quantitative estimate of drug-likeness (QED) is 0.704. The maximum atomic E-state index is 11.6. The van der Waals surface area contributed by atoms with Crippen molar-refractivity contribution in [2.45, 2.75) is 0 Å². The summed E-state index contributed by atoms with van der Waals surface area (Å²) in [5, 5.41) is 9.47. The van der Waals surface area contributed by atoms with Crippen LogP contribution >= 0.6 is 0 Å². The summed E-state index contributed by atoms with van der Waals surface area (Å²) in [6.45, 7) is 0. The summed E-state index contributed by atoms with van der Waals surface area (Å²) in [5.41, 5.74) is 1.48. The zero-order valence-corrected chi connectivity index (χ0v) is 12.8. The first kappa shape index (κ1) is 15.5. The minimum Gasteiger partial charge on any atom is -0.478 e. The molecule has 0 fully saturated rings. The summed E-state index contributed by atoms with van der Waals surface area (Å²) >= 11 is 0. The first-order chi connectivity index (χ1) is 11.7. The molecular weight excluding hydrogens is 302 g/mol. The van der Waals surface area contributed by atoms with Crippen molar-refractivity contribution in [2.24, 2.45) is 0 Å². The summed E-state index contributed by atoms with van der Waals surface area (Å²) in [6, 6.07) is 20.1. The third kappa shape index (κ3) is 3.87. The van der Waals surface area contributed by atoms with Crippen molar-refractivity contribution < 1.29 is 14.6 Å². The number of benzene rings is 2. The lowest BCUT2D eigenvalue weighted by Crippen LogP contribution is -2.00. The van der Waals surface area contributed by atoms with Crippen LogP contribution in [0.25, 0.3) is 11.6 Å². The van der Waals surface area contributed by atoms with Gasteiger partial charge in [0.15, 0.2) is 0 Å². The van der Waals surface area contributed by atoms with E-state index in [1.54, 1.807) is 30.5 Å². The molecule has 3 aromatic rings. The Kier molecular flexibility index (Phi) is 4.68. The molecule has 0 bridgehead atoms. The van der Waals surface area contributed by atoms with Gasteiger partial charge in [-0.3, -0.25) is 4.98 Å². The average Bonchev–Trinajstić information content (AvgIpc) is 2.61. The van der Waals surface area contributed by atoms with Gasteiger partial charge in [-0.1, -0.05) is 36.4 Å². The van der Waals surface area contributed by atoms with E-state index in [0.717, 1.165) is 11.3 Å². The van der Waals surface area contributed by atoms with Gasteiger partial charge in [0.05, 0.1) is 5.57 Å². The van der Waals surface area contributed by atoms with Crippen LogP contribution in [0, 0.1) is 0 Å². The standard InChI is InChI=1S/C20H15NO3/c22-20(23)19(16-7-5-11-21-14-16)13-15-6-4-10-18(12-15)24-17-8-2-1-3-9-17/h1-14H,(H,22,23)/b19-13+. The van der Waals surface area contributed by atoms with Gasteiger partial charge in [0.1, 0.15) is 11.5 Å². The SMILES string of the molecule is O=C(O)/C(=C/c1cccc(Oc2ccccc2)c1)c1cccnc1. The van der Waals surface area contributed by atoms with Crippen LogP contribution in [0.5, 0.6) is 11.5 Å². The Bertz CT molecular complexity index is 858. The van der Waals surface area contributed by atoms with E-state index in [2.05, 4.69) is 4.98 Å². The van der Waals surface area contributed by atoms with Crippen molar-refractivity contribution in [3.63, 3.8) is 0 Å². The van der Waals surface area contributed by atoms with E-state index in [4.69, 9.17) is 4.74 Å². The third-order valence-corrected chi connectivity index (χ3v) is 3.35. The Morgan fingerprint density at radius 2 is 1.75 bits per heavy atom. The first-order valence-electron chi connectivity index (χ1n) is 7.41. The molecule has 118 valence electrons. The Labute approximate surface area is 139 Å². The van der Waals surface area contributed by atoms with E-state index >= 15 is 0 Å². The van der Waals surface area contributed by atoms with Crippen molar-refractivity contribution in [2.75, 3.05) is 0 Å². The topological polar surface area (TPSA) is 59.4 Å². The molecule has 4 heteroatoms. The molecule has 0 aliphatic rings. The molecule has 0 aliphatic carbocycles. The Balaban J connectivity index is 1.91. The molecular formula is C20H15NO3. The Hall–Kier alpha value is -3.40. The van der Waals surface area contributed by atoms with Gasteiger partial charge in [-0.2, -0.15) is 0 Å². The van der Waals surface area contributed by atoms with Gasteiger partial charge in [0.25, 0.3) is 0 Å². The van der Waals surface area contributed by atoms with Crippen LogP contribution in [-0.2, 0) is 4.79 Å². The predicted molar refractivity (Wildman–Crippen MR) is 92.7 cm³/mol. The van der Waals surface area contributed by atoms with E-state index in [9.17, 15) is 9.90 Å². The zero-order valence-electron chi connectivity index (χ0n) is 12.8. The van der Waals surface area contributed by atoms with Crippen LogP contribution in [0.2, 0.25) is 0 Å². The number of nitrogens with zero attached hydrogens (tertiary/aromatic N) is 1. The predicted octanol–water partition coefficient (Wildman–Crippen LogP) is 4.50. The first-order valence-corrected chi connectivity index (χ1v) is 7.41. The summed E-state index contributed by atoms with van der Waals surface area (Å²) in [7, 11) is 0. The monoisotopic (exact) mass is 317 g/mol. The lowest BCUT2D eigenvalue weighted by atomic mass is 10.0. The van der Waals surface area contributed by atoms with Crippen LogP contribution in [0.1, 0.15) is 11.1 Å². The highest BCUT2D eigenvalue weighted by atomic mass is 16.5. The highest BCUT2D eigenvalue weighted by Gasteiger charge is 2.10. The molecule has 4 nitrogen and oxygen atoms in total. The van der Waals surface area contributed by atoms with Gasteiger partial charge >= 0.3 is 5.97 Å². The molecule has 1 aromatic heterocycles. The van der Waals surface area contributed by atoms with E-state index in [1.165, 1.54) is 6.20 Å². The molecule has 24 heavy (non-hydrogen) atoms.